The van der Waals surface area contributed by atoms with Crippen LogP contribution < -0.4 is 11.1 Å². The second kappa shape index (κ2) is 7.84. The number of nitrogens with zero attached hydrogens (tertiary/aromatic N) is 1. The molecule has 1 amide bonds. The molecule has 0 unspecified atom stereocenters. The second-order valence-electron chi connectivity index (χ2n) is 4.39. The quantitative estimate of drug-likeness (QED) is 0.581. The minimum atomic E-state index is -0.538. The Balaban J connectivity index is 3.16. The first-order chi connectivity index (χ1) is 9.93. The average molecular weight is 315 g/mol. The van der Waals surface area contributed by atoms with E-state index in [-0.39, 0.29) is 23.8 Å². The van der Waals surface area contributed by atoms with Gasteiger partial charge in [0, 0.05) is 27.7 Å². The van der Waals surface area contributed by atoms with Crippen molar-refractivity contribution in [1.29, 1.82) is 0 Å². The molecule has 7 nitrogen and oxygen atoms in total. The molecule has 0 fully saturated rings. The van der Waals surface area contributed by atoms with Crippen LogP contribution in [0.5, 0.6) is 0 Å². The summed E-state index contributed by atoms with van der Waals surface area (Å²) >= 11 is 1.14. The van der Waals surface area contributed by atoms with Gasteiger partial charge < -0.3 is 25.4 Å². The van der Waals surface area contributed by atoms with Crippen LogP contribution in [0.25, 0.3) is 0 Å². The van der Waals surface area contributed by atoms with E-state index in [0.717, 1.165) is 11.3 Å². The topological polar surface area (TPSA) is 93.9 Å². The van der Waals surface area contributed by atoms with Crippen molar-refractivity contribution in [3.05, 3.63) is 10.4 Å². The van der Waals surface area contributed by atoms with Crippen molar-refractivity contribution in [1.82, 2.24) is 4.90 Å². The largest absolute Gasteiger partial charge is 0.462 e. The third-order valence-corrected chi connectivity index (χ3v) is 3.77. The molecule has 21 heavy (non-hydrogen) atoms. The Morgan fingerprint density at radius 3 is 2.57 bits per heavy atom. The van der Waals surface area contributed by atoms with Gasteiger partial charge in [-0.2, -0.15) is 0 Å². The molecular weight excluding hydrogens is 294 g/mol. The highest BCUT2D eigenvalue weighted by molar-refractivity contribution is 7.19. The minimum absolute atomic E-state index is 0.150. The van der Waals surface area contributed by atoms with E-state index in [1.54, 1.807) is 28.1 Å². The van der Waals surface area contributed by atoms with Crippen LogP contribution in [-0.4, -0.2) is 57.7 Å². The highest BCUT2D eigenvalue weighted by Crippen LogP contribution is 2.36. The smallest absolute Gasteiger partial charge is 0.343 e. The maximum absolute atomic E-state index is 12.1. The molecule has 3 N–H and O–H groups in total. The number of rotatable bonds is 7. The molecule has 0 bridgehead atoms. The van der Waals surface area contributed by atoms with Crippen molar-refractivity contribution < 1.29 is 19.1 Å². The summed E-state index contributed by atoms with van der Waals surface area (Å²) in [6, 6.07) is 0. The zero-order valence-corrected chi connectivity index (χ0v) is 13.5. The van der Waals surface area contributed by atoms with E-state index in [1.165, 1.54) is 4.90 Å². The van der Waals surface area contributed by atoms with Crippen molar-refractivity contribution in [2.45, 2.75) is 6.92 Å². The lowest BCUT2D eigenvalue weighted by molar-refractivity contribution is 0.0529. The summed E-state index contributed by atoms with van der Waals surface area (Å²) < 4.78 is 9.95. The molecule has 0 aliphatic heterocycles. The molecule has 0 aliphatic carbocycles. The highest BCUT2D eigenvalue weighted by Gasteiger charge is 2.27. The molecular formula is C13H21N3O4S. The maximum Gasteiger partial charge on any atom is 0.343 e. The lowest BCUT2D eigenvalue weighted by atomic mass is 10.2. The molecule has 8 heteroatoms. The first-order valence-electron chi connectivity index (χ1n) is 6.47. The fraction of sp³-hybridized carbons (Fsp3) is 0.538. The van der Waals surface area contributed by atoms with Crippen molar-refractivity contribution in [2.75, 3.05) is 52.0 Å². The number of ether oxygens (including phenoxy) is 2. The molecule has 1 aromatic heterocycles. The van der Waals surface area contributed by atoms with Gasteiger partial charge in [0.1, 0.15) is 15.4 Å². The standard InChI is InChI=1S/C13H21N3O4S/c1-5-20-13(18)8-9(14)10(12(17)16(2)3)21-11(8)15-6-7-19-4/h15H,5-7,14H2,1-4H3. The fourth-order valence-electron chi connectivity index (χ4n) is 1.60. The Bertz CT molecular complexity index is 514. The van der Waals surface area contributed by atoms with Gasteiger partial charge in [0.2, 0.25) is 0 Å². The van der Waals surface area contributed by atoms with Crippen LogP contribution in [0.4, 0.5) is 10.7 Å². The van der Waals surface area contributed by atoms with Crippen LogP contribution >= 0.6 is 11.3 Å². The molecule has 0 spiro atoms. The lowest BCUT2D eigenvalue weighted by Crippen LogP contribution is -2.21. The van der Waals surface area contributed by atoms with E-state index in [1.807, 2.05) is 0 Å². The van der Waals surface area contributed by atoms with Gasteiger partial charge in [-0.25, -0.2) is 4.79 Å². The van der Waals surface area contributed by atoms with Crippen molar-refractivity contribution >= 4 is 33.9 Å². The Morgan fingerprint density at radius 1 is 1.38 bits per heavy atom. The number of hydrogen-bond donors (Lipinski definition) is 2. The van der Waals surface area contributed by atoms with Crippen LogP contribution in [0.3, 0.4) is 0 Å². The molecule has 0 aliphatic rings. The summed E-state index contributed by atoms with van der Waals surface area (Å²) in [5.41, 5.74) is 6.33. The number of esters is 1. The van der Waals surface area contributed by atoms with Crippen LogP contribution in [-0.2, 0) is 9.47 Å². The first-order valence-corrected chi connectivity index (χ1v) is 7.29. The highest BCUT2D eigenvalue weighted by atomic mass is 32.1. The van der Waals surface area contributed by atoms with Gasteiger partial charge in [-0.3, -0.25) is 4.79 Å². The molecule has 0 aromatic carbocycles. The average Bonchev–Trinajstić information content (AvgIpc) is 2.75. The number of thiophene rings is 1. The second-order valence-corrected chi connectivity index (χ2v) is 5.41. The monoisotopic (exact) mass is 315 g/mol. The Morgan fingerprint density at radius 2 is 2.05 bits per heavy atom. The lowest BCUT2D eigenvalue weighted by Gasteiger charge is -2.09. The van der Waals surface area contributed by atoms with Crippen LogP contribution in [0.15, 0.2) is 0 Å². The number of nitrogen functional groups attached to an aromatic ring is 1. The number of nitrogens with one attached hydrogen (secondary N) is 1. The Hall–Kier alpha value is -1.80. The summed E-state index contributed by atoms with van der Waals surface area (Å²) in [5, 5.41) is 3.57. The summed E-state index contributed by atoms with van der Waals surface area (Å²) in [6.45, 7) is 2.92. The number of amides is 1. The molecule has 0 radical (unpaired) electrons. The zero-order chi connectivity index (χ0) is 16.0. The number of carbonyl (C=O) groups is 2. The summed E-state index contributed by atoms with van der Waals surface area (Å²) in [7, 11) is 4.84. The van der Waals surface area contributed by atoms with E-state index in [0.29, 0.717) is 23.0 Å². The number of carbonyl (C=O) groups excluding carboxylic acids is 2. The molecule has 1 aromatic rings. The number of nitrogens with two attached hydrogens (primary N) is 1. The van der Waals surface area contributed by atoms with Crippen LogP contribution in [0.2, 0.25) is 0 Å². The number of methoxy groups -OCH3 is 1. The van der Waals surface area contributed by atoms with Crippen LogP contribution in [0, 0.1) is 0 Å². The molecule has 118 valence electrons. The van der Waals surface area contributed by atoms with E-state index in [4.69, 9.17) is 15.2 Å². The van der Waals surface area contributed by atoms with Gasteiger partial charge in [0.05, 0.1) is 18.9 Å². The molecule has 0 saturated carbocycles. The van der Waals surface area contributed by atoms with Gasteiger partial charge in [-0.05, 0) is 6.92 Å². The van der Waals surface area contributed by atoms with Gasteiger partial charge >= 0.3 is 5.97 Å². The van der Waals surface area contributed by atoms with E-state index in [2.05, 4.69) is 5.32 Å². The van der Waals surface area contributed by atoms with Gasteiger partial charge in [-0.1, -0.05) is 0 Å². The molecule has 0 saturated heterocycles. The van der Waals surface area contributed by atoms with Gasteiger partial charge in [0.15, 0.2) is 0 Å². The summed E-state index contributed by atoms with van der Waals surface area (Å²) in [5.74, 6) is -0.785. The minimum Gasteiger partial charge on any atom is -0.462 e. The summed E-state index contributed by atoms with van der Waals surface area (Å²) in [4.78, 5) is 25.9. The number of anilines is 2. The van der Waals surface area contributed by atoms with Crippen molar-refractivity contribution in [3.63, 3.8) is 0 Å². The predicted molar refractivity (Wildman–Crippen MR) is 83.1 cm³/mol. The summed E-state index contributed by atoms with van der Waals surface area (Å²) in [6.07, 6.45) is 0. The Kier molecular flexibility index (Phi) is 6.44. The van der Waals surface area contributed by atoms with Gasteiger partial charge in [-0.15, -0.1) is 11.3 Å². The van der Waals surface area contributed by atoms with Gasteiger partial charge in [0.25, 0.3) is 5.91 Å². The molecule has 1 heterocycles. The van der Waals surface area contributed by atoms with E-state index in [9.17, 15) is 9.59 Å². The SMILES string of the molecule is CCOC(=O)c1c(NCCOC)sc(C(=O)N(C)C)c1N. The van der Waals surface area contributed by atoms with Crippen molar-refractivity contribution in [2.24, 2.45) is 0 Å². The maximum atomic E-state index is 12.1. The fourth-order valence-corrected chi connectivity index (χ4v) is 2.76. The van der Waals surface area contributed by atoms with E-state index < -0.39 is 5.97 Å². The third-order valence-electron chi connectivity index (χ3n) is 2.62. The molecule has 0 atom stereocenters. The number of hydrogen-bond acceptors (Lipinski definition) is 7. The van der Waals surface area contributed by atoms with E-state index >= 15 is 0 Å². The van der Waals surface area contributed by atoms with Crippen LogP contribution in [0.1, 0.15) is 27.0 Å². The molecule has 1 rings (SSSR count). The Labute approximate surface area is 128 Å². The zero-order valence-electron chi connectivity index (χ0n) is 12.7. The predicted octanol–water partition coefficient (Wildman–Crippen LogP) is 1.27. The third kappa shape index (κ3) is 4.08. The normalized spacial score (nSPS) is 10.3. The first kappa shape index (κ1) is 17.3. The van der Waals surface area contributed by atoms with Crippen molar-refractivity contribution in [3.8, 4) is 0 Å².